The van der Waals surface area contributed by atoms with Crippen molar-refractivity contribution in [1.29, 1.82) is 5.26 Å². The number of benzene rings is 1. The fourth-order valence-corrected chi connectivity index (χ4v) is 2.70. The van der Waals surface area contributed by atoms with Crippen molar-refractivity contribution in [2.45, 2.75) is 18.4 Å². The van der Waals surface area contributed by atoms with E-state index in [9.17, 15) is 10.3 Å². The number of nitrogens with two attached hydrogens (primary N) is 1. The maximum absolute atomic E-state index is 11.0. The fourth-order valence-electron chi connectivity index (χ4n) is 2.35. The van der Waals surface area contributed by atoms with Gasteiger partial charge < -0.3 is 16.0 Å². The van der Waals surface area contributed by atoms with Crippen LogP contribution in [0.5, 0.6) is 0 Å². The second-order valence-electron chi connectivity index (χ2n) is 4.71. The molecule has 0 aliphatic carbocycles. The van der Waals surface area contributed by atoms with Gasteiger partial charge >= 0.3 is 0 Å². The number of hydroxylamine groups is 2. The molecule has 7 heteroatoms. The molecule has 1 aromatic rings. The number of aliphatic imine (C=N–C) groups is 1. The molecule has 0 aromatic heterocycles. The van der Waals surface area contributed by atoms with Crippen LogP contribution in [0.4, 0.5) is 5.69 Å². The molecule has 0 saturated carbocycles. The van der Waals surface area contributed by atoms with Crippen LogP contribution in [0.1, 0.15) is 18.4 Å². The van der Waals surface area contributed by atoms with E-state index in [2.05, 4.69) is 4.99 Å². The van der Waals surface area contributed by atoms with Crippen molar-refractivity contribution < 1.29 is 10.3 Å². The molecule has 0 amide bonds. The summed E-state index contributed by atoms with van der Waals surface area (Å²) in [6.45, 7) is 0.553. The molecule has 1 heterocycles. The lowest BCUT2D eigenvalue weighted by molar-refractivity contribution is -0.0929. The molecular formula is C13H15ClN4O2. The van der Waals surface area contributed by atoms with Crippen LogP contribution in [-0.2, 0) is 5.60 Å². The third-order valence-corrected chi connectivity index (χ3v) is 3.75. The van der Waals surface area contributed by atoms with Gasteiger partial charge in [0.25, 0.3) is 0 Å². The molecule has 1 unspecified atom stereocenters. The van der Waals surface area contributed by atoms with Crippen LogP contribution in [0.2, 0.25) is 5.02 Å². The molecule has 0 spiro atoms. The standard InChI is InChI=1S/C13H15ClN4O2/c14-11-7-9(16)1-2-10(11)13(19)4-6-18(20)5-3-12(13)17-8-15/h1-2,7,19-20H,3-6,16H2. The third-order valence-electron chi connectivity index (χ3n) is 3.44. The van der Waals surface area contributed by atoms with E-state index in [1.165, 1.54) is 0 Å². The minimum atomic E-state index is -1.47. The number of nitrogens with zero attached hydrogens (tertiary/aromatic N) is 3. The van der Waals surface area contributed by atoms with Crippen molar-refractivity contribution >= 4 is 23.0 Å². The number of rotatable bonds is 1. The molecule has 106 valence electrons. The Morgan fingerprint density at radius 1 is 1.45 bits per heavy atom. The minimum absolute atomic E-state index is 0.188. The fraction of sp³-hybridized carbons (Fsp3) is 0.385. The number of aliphatic hydroxyl groups is 1. The summed E-state index contributed by atoms with van der Waals surface area (Å²) in [5.41, 5.74) is 5.40. The van der Waals surface area contributed by atoms with Crippen molar-refractivity contribution in [1.82, 2.24) is 5.06 Å². The second-order valence-corrected chi connectivity index (χ2v) is 5.12. The van der Waals surface area contributed by atoms with Gasteiger partial charge in [-0.3, -0.25) is 0 Å². The summed E-state index contributed by atoms with van der Waals surface area (Å²) in [6.07, 6.45) is 2.16. The van der Waals surface area contributed by atoms with Crippen LogP contribution in [0.3, 0.4) is 0 Å². The number of hydrogen-bond acceptors (Lipinski definition) is 6. The maximum Gasteiger partial charge on any atom is 0.205 e. The van der Waals surface area contributed by atoms with Crippen LogP contribution in [0, 0.1) is 11.5 Å². The van der Waals surface area contributed by atoms with E-state index in [4.69, 9.17) is 22.6 Å². The van der Waals surface area contributed by atoms with Gasteiger partial charge in [0.1, 0.15) is 5.60 Å². The Morgan fingerprint density at radius 2 is 2.20 bits per heavy atom. The summed E-state index contributed by atoms with van der Waals surface area (Å²) in [6, 6.07) is 4.79. The van der Waals surface area contributed by atoms with Crippen molar-refractivity contribution in [2.75, 3.05) is 18.8 Å². The number of hydrogen-bond donors (Lipinski definition) is 3. The first-order chi connectivity index (χ1) is 9.47. The van der Waals surface area contributed by atoms with E-state index in [1.807, 2.05) is 0 Å². The molecular weight excluding hydrogens is 280 g/mol. The van der Waals surface area contributed by atoms with E-state index in [1.54, 1.807) is 24.4 Å². The van der Waals surface area contributed by atoms with Crippen LogP contribution in [0.25, 0.3) is 0 Å². The lowest BCUT2D eigenvalue weighted by atomic mass is 9.85. The molecule has 1 fully saturated rings. The van der Waals surface area contributed by atoms with Gasteiger partial charge in [-0.15, -0.1) is 0 Å². The van der Waals surface area contributed by atoms with E-state index in [0.717, 1.165) is 5.06 Å². The van der Waals surface area contributed by atoms with E-state index in [-0.39, 0.29) is 19.4 Å². The molecule has 1 aromatic carbocycles. The Hall–Kier alpha value is -1.65. The SMILES string of the molecule is N#CN=C1CCN(O)CCC1(O)c1ccc(N)cc1Cl. The summed E-state index contributed by atoms with van der Waals surface area (Å²) in [4.78, 5) is 3.72. The Morgan fingerprint density at radius 3 is 2.85 bits per heavy atom. The Kier molecular flexibility index (Phi) is 4.26. The lowest BCUT2D eigenvalue weighted by Gasteiger charge is -2.29. The normalized spacial score (nSPS) is 26.2. The molecule has 20 heavy (non-hydrogen) atoms. The maximum atomic E-state index is 11.0. The minimum Gasteiger partial charge on any atom is -0.399 e. The molecule has 1 atom stereocenters. The van der Waals surface area contributed by atoms with Crippen molar-refractivity contribution in [3.8, 4) is 6.19 Å². The average molecular weight is 295 g/mol. The van der Waals surface area contributed by atoms with E-state index < -0.39 is 5.60 Å². The van der Waals surface area contributed by atoms with Gasteiger partial charge in [0, 0.05) is 42.2 Å². The van der Waals surface area contributed by atoms with Gasteiger partial charge in [0.15, 0.2) is 0 Å². The lowest BCUT2D eigenvalue weighted by Crippen LogP contribution is -2.36. The summed E-state index contributed by atoms with van der Waals surface area (Å²) >= 11 is 6.15. The highest BCUT2D eigenvalue weighted by molar-refractivity contribution is 6.32. The molecule has 0 bridgehead atoms. The zero-order valence-corrected chi connectivity index (χ0v) is 11.5. The van der Waals surface area contributed by atoms with E-state index >= 15 is 0 Å². The third kappa shape index (κ3) is 2.76. The van der Waals surface area contributed by atoms with Crippen LogP contribution < -0.4 is 5.73 Å². The summed E-state index contributed by atoms with van der Waals surface area (Å²) in [5.74, 6) is 0. The second kappa shape index (κ2) is 5.77. The largest absolute Gasteiger partial charge is 0.399 e. The number of nitriles is 1. The quantitative estimate of drug-likeness (QED) is 0.538. The number of halogens is 1. The first-order valence-electron chi connectivity index (χ1n) is 6.15. The Bertz CT molecular complexity index is 584. The highest BCUT2D eigenvalue weighted by Gasteiger charge is 2.39. The zero-order valence-electron chi connectivity index (χ0n) is 10.8. The van der Waals surface area contributed by atoms with Crippen molar-refractivity contribution in [2.24, 2.45) is 4.99 Å². The van der Waals surface area contributed by atoms with Gasteiger partial charge in [0.2, 0.25) is 6.19 Å². The van der Waals surface area contributed by atoms with Gasteiger partial charge in [-0.05, 0) is 12.1 Å². The average Bonchev–Trinajstić information content (AvgIpc) is 2.53. The van der Waals surface area contributed by atoms with Gasteiger partial charge in [-0.1, -0.05) is 17.7 Å². The smallest absolute Gasteiger partial charge is 0.205 e. The van der Waals surface area contributed by atoms with Gasteiger partial charge in [0.05, 0.1) is 5.71 Å². The summed E-state index contributed by atoms with van der Waals surface area (Å²) in [5, 5.41) is 30.8. The molecule has 1 saturated heterocycles. The predicted octanol–water partition coefficient (Wildman–Crippen LogP) is 1.52. The summed E-state index contributed by atoms with van der Waals surface area (Å²) in [7, 11) is 0. The molecule has 2 rings (SSSR count). The van der Waals surface area contributed by atoms with Gasteiger partial charge in [-0.2, -0.15) is 15.3 Å². The molecule has 6 nitrogen and oxygen atoms in total. The van der Waals surface area contributed by atoms with Crippen molar-refractivity contribution in [3.05, 3.63) is 28.8 Å². The first kappa shape index (κ1) is 14.8. The first-order valence-corrected chi connectivity index (χ1v) is 6.53. The Balaban J connectivity index is 2.52. The molecule has 0 radical (unpaired) electrons. The highest BCUT2D eigenvalue weighted by Crippen LogP contribution is 2.36. The number of anilines is 1. The van der Waals surface area contributed by atoms with Crippen molar-refractivity contribution in [3.63, 3.8) is 0 Å². The highest BCUT2D eigenvalue weighted by atomic mass is 35.5. The van der Waals surface area contributed by atoms with Gasteiger partial charge in [-0.25, -0.2) is 0 Å². The van der Waals surface area contributed by atoms with Crippen LogP contribution in [0.15, 0.2) is 23.2 Å². The van der Waals surface area contributed by atoms with Crippen LogP contribution >= 0.6 is 11.6 Å². The summed E-state index contributed by atoms with van der Waals surface area (Å²) < 4.78 is 0. The molecule has 4 N–H and O–H groups in total. The topological polar surface area (TPSA) is 106 Å². The Labute approximate surface area is 121 Å². The zero-order chi connectivity index (χ0) is 14.8. The van der Waals surface area contributed by atoms with Crippen LogP contribution in [-0.4, -0.2) is 34.2 Å². The molecule has 1 aliphatic heterocycles. The monoisotopic (exact) mass is 294 g/mol. The predicted molar refractivity (Wildman–Crippen MR) is 75.4 cm³/mol. The molecule has 1 aliphatic rings. The van der Waals surface area contributed by atoms with E-state index in [0.29, 0.717) is 28.5 Å². The number of nitrogen functional groups attached to an aromatic ring is 1.